The van der Waals surface area contributed by atoms with Gasteiger partial charge in [0.1, 0.15) is 0 Å². The number of nitrogens with zero attached hydrogens (tertiary/aromatic N) is 1. The first-order chi connectivity index (χ1) is 12.1. The molecule has 1 aromatic rings. The van der Waals surface area contributed by atoms with Gasteiger partial charge >= 0.3 is 5.97 Å². The van der Waals surface area contributed by atoms with Crippen LogP contribution in [0.1, 0.15) is 78.4 Å². The minimum absolute atomic E-state index is 0. The van der Waals surface area contributed by atoms with E-state index in [4.69, 9.17) is 0 Å². The van der Waals surface area contributed by atoms with Crippen LogP contribution in [0.5, 0.6) is 0 Å². The topological polar surface area (TPSA) is 40.5 Å². The van der Waals surface area contributed by atoms with Gasteiger partial charge in [0, 0.05) is 18.6 Å². The van der Waals surface area contributed by atoms with Crippen LogP contribution in [-0.4, -0.2) is 34.6 Å². The fraction of sp³-hybridized carbons (Fsp3) is 0.696. The highest BCUT2D eigenvalue weighted by Gasteiger charge is 2.45. The molecule has 0 bridgehead atoms. The molecule has 3 nitrogen and oxygen atoms in total. The maximum Gasteiger partial charge on any atom is 0.314 e. The second kappa shape index (κ2) is 9.43. The lowest BCUT2D eigenvalue weighted by molar-refractivity contribution is -0.146. The van der Waals surface area contributed by atoms with Crippen molar-refractivity contribution in [2.45, 2.75) is 91.1 Å². The molecule has 0 heterocycles. The van der Waals surface area contributed by atoms with E-state index >= 15 is 0 Å². The van der Waals surface area contributed by atoms with Crippen molar-refractivity contribution in [1.29, 1.82) is 0 Å². The predicted octanol–water partition coefficient (Wildman–Crippen LogP) is 5.69. The molecule has 0 spiro atoms. The lowest BCUT2D eigenvalue weighted by atomic mass is 9.62. The van der Waals surface area contributed by atoms with Crippen molar-refractivity contribution in [2.75, 3.05) is 6.54 Å². The van der Waals surface area contributed by atoms with E-state index < -0.39 is 11.4 Å². The summed E-state index contributed by atoms with van der Waals surface area (Å²) in [6.45, 7) is 14.5. The van der Waals surface area contributed by atoms with Crippen LogP contribution in [0.2, 0.25) is 0 Å². The summed E-state index contributed by atoms with van der Waals surface area (Å²) in [6, 6.07) is 9.48. The molecule has 0 aliphatic heterocycles. The quantitative estimate of drug-likeness (QED) is 0.644. The molecule has 1 saturated carbocycles. The van der Waals surface area contributed by atoms with E-state index in [1.54, 1.807) is 0 Å². The van der Waals surface area contributed by atoms with Gasteiger partial charge in [-0.15, -0.1) is 12.4 Å². The van der Waals surface area contributed by atoms with E-state index in [9.17, 15) is 9.90 Å². The highest BCUT2D eigenvalue weighted by atomic mass is 35.5. The smallest absolute Gasteiger partial charge is 0.314 e. The van der Waals surface area contributed by atoms with Gasteiger partial charge in [-0.3, -0.25) is 9.69 Å². The normalized spacial score (nSPS) is 18.6. The lowest BCUT2D eigenvalue weighted by Gasteiger charge is -2.41. The fourth-order valence-corrected chi connectivity index (χ4v) is 4.34. The molecule has 4 heteroatoms. The van der Waals surface area contributed by atoms with Crippen LogP contribution in [0.15, 0.2) is 24.3 Å². The molecule has 0 aromatic heterocycles. The van der Waals surface area contributed by atoms with Crippen molar-refractivity contribution in [3.8, 4) is 0 Å². The largest absolute Gasteiger partial charge is 0.481 e. The number of rotatable bonds is 7. The third kappa shape index (κ3) is 5.71. The molecule has 0 unspecified atom stereocenters. The molecular weight excluding hydrogens is 358 g/mol. The number of carboxylic acid groups (broad SMARTS) is 1. The van der Waals surface area contributed by atoms with Crippen LogP contribution in [-0.2, 0) is 16.6 Å². The van der Waals surface area contributed by atoms with Gasteiger partial charge < -0.3 is 5.11 Å². The summed E-state index contributed by atoms with van der Waals surface area (Å²) in [7, 11) is 0. The van der Waals surface area contributed by atoms with E-state index in [0.717, 1.165) is 44.2 Å². The van der Waals surface area contributed by atoms with E-state index in [2.05, 4.69) is 70.7 Å². The third-order valence-corrected chi connectivity index (χ3v) is 6.36. The maximum atomic E-state index is 12.1. The Kier molecular flexibility index (Phi) is 8.37. The van der Waals surface area contributed by atoms with Crippen molar-refractivity contribution in [3.63, 3.8) is 0 Å². The first kappa shape index (κ1) is 24.0. The Balaban J connectivity index is 0.00000364. The zero-order chi connectivity index (χ0) is 19.5. The monoisotopic (exact) mass is 395 g/mol. The zero-order valence-corrected chi connectivity index (χ0v) is 18.7. The Morgan fingerprint density at radius 3 is 1.89 bits per heavy atom. The molecule has 0 saturated heterocycles. The van der Waals surface area contributed by atoms with Crippen molar-refractivity contribution >= 4 is 18.4 Å². The van der Waals surface area contributed by atoms with Crippen LogP contribution in [0, 0.1) is 5.41 Å². The van der Waals surface area contributed by atoms with E-state index in [1.165, 1.54) is 5.56 Å². The van der Waals surface area contributed by atoms with Crippen molar-refractivity contribution in [2.24, 2.45) is 5.41 Å². The van der Waals surface area contributed by atoms with Crippen LogP contribution >= 0.6 is 12.4 Å². The minimum Gasteiger partial charge on any atom is -0.481 e. The van der Waals surface area contributed by atoms with Gasteiger partial charge in [-0.25, -0.2) is 0 Å². The summed E-state index contributed by atoms with van der Waals surface area (Å²) in [6.07, 6.45) is 4.42. The summed E-state index contributed by atoms with van der Waals surface area (Å²) in [4.78, 5) is 14.6. The summed E-state index contributed by atoms with van der Waals surface area (Å²) in [5.74, 6) is -0.661. The van der Waals surface area contributed by atoms with Crippen molar-refractivity contribution in [3.05, 3.63) is 35.4 Å². The van der Waals surface area contributed by atoms with Gasteiger partial charge in [-0.2, -0.15) is 0 Å². The van der Waals surface area contributed by atoms with E-state index in [1.807, 2.05) is 0 Å². The molecule has 1 N–H and O–H groups in total. The number of carbonyl (C=O) groups is 1. The van der Waals surface area contributed by atoms with Crippen LogP contribution < -0.4 is 0 Å². The number of aliphatic carboxylic acids is 1. The molecule has 0 atom stereocenters. The molecule has 154 valence electrons. The summed E-state index contributed by atoms with van der Waals surface area (Å²) in [5, 5.41) is 9.97. The van der Waals surface area contributed by atoms with Gasteiger partial charge in [-0.05, 0) is 76.3 Å². The molecule has 2 rings (SSSR count). The van der Waals surface area contributed by atoms with Crippen LogP contribution in [0.4, 0.5) is 0 Å². The van der Waals surface area contributed by atoms with Crippen molar-refractivity contribution in [1.82, 2.24) is 4.90 Å². The van der Waals surface area contributed by atoms with Crippen LogP contribution in [0.25, 0.3) is 0 Å². The first-order valence-electron chi connectivity index (χ1n) is 10.2. The second-order valence-electron chi connectivity index (χ2n) is 9.42. The molecule has 1 aromatic carbocycles. The number of hydrogen-bond acceptors (Lipinski definition) is 2. The Morgan fingerprint density at radius 2 is 1.48 bits per heavy atom. The van der Waals surface area contributed by atoms with Gasteiger partial charge in [-0.1, -0.05) is 38.1 Å². The predicted molar refractivity (Wildman–Crippen MR) is 116 cm³/mol. The van der Waals surface area contributed by atoms with Gasteiger partial charge in [0.25, 0.3) is 0 Å². The zero-order valence-electron chi connectivity index (χ0n) is 17.9. The minimum atomic E-state index is -0.698. The molecular formula is C23H38ClNO2. The highest BCUT2D eigenvalue weighted by molar-refractivity contribution is 5.85. The average Bonchev–Trinajstić information content (AvgIpc) is 2.55. The van der Waals surface area contributed by atoms with Crippen molar-refractivity contribution < 1.29 is 9.90 Å². The van der Waals surface area contributed by atoms with Crippen LogP contribution in [0.3, 0.4) is 0 Å². The average molecular weight is 396 g/mol. The fourth-order valence-electron chi connectivity index (χ4n) is 4.34. The van der Waals surface area contributed by atoms with Gasteiger partial charge in [0.15, 0.2) is 0 Å². The number of benzene rings is 1. The molecule has 1 fully saturated rings. The van der Waals surface area contributed by atoms with E-state index in [-0.39, 0.29) is 17.8 Å². The maximum absolute atomic E-state index is 12.1. The van der Waals surface area contributed by atoms with E-state index in [0.29, 0.717) is 12.1 Å². The summed E-state index contributed by atoms with van der Waals surface area (Å²) >= 11 is 0. The molecule has 0 radical (unpaired) electrons. The Bertz CT molecular complexity index is 589. The molecule has 0 amide bonds. The number of halogens is 1. The molecule has 27 heavy (non-hydrogen) atoms. The highest BCUT2D eigenvalue weighted by Crippen LogP contribution is 2.46. The second-order valence-corrected chi connectivity index (χ2v) is 9.42. The standard InChI is InChI=1S/C23H37NO2.ClH/c1-17(2)24(18(3)4)16-11-19-7-9-20(10-8-19)23(21(25)26)14-12-22(5,6)13-15-23;/h7-10,17-18H,11-16H2,1-6H3,(H,25,26);1H. The third-order valence-electron chi connectivity index (χ3n) is 6.36. The molecule has 1 aliphatic rings. The Hall–Kier alpha value is -1.06. The molecule has 1 aliphatic carbocycles. The summed E-state index contributed by atoms with van der Waals surface area (Å²) in [5.41, 5.74) is 1.83. The Labute approximate surface area is 171 Å². The lowest BCUT2D eigenvalue weighted by Crippen LogP contribution is -2.41. The number of carboxylic acids is 1. The Morgan fingerprint density at radius 1 is 1.00 bits per heavy atom. The van der Waals surface area contributed by atoms with Gasteiger partial charge in [0.05, 0.1) is 5.41 Å². The SMILES string of the molecule is CC(C)N(CCc1ccc(C2(C(=O)O)CCC(C)(C)CC2)cc1)C(C)C.Cl. The first-order valence-corrected chi connectivity index (χ1v) is 10.2. The van der Waals surface area contributed by atoms with Gasteiger partial charge in [0.2, 0.25) is 0 Å². The summed E-state index contributed by atoms with van der Waals surface area (Å²) < 4.78 is 0. The number of hydrogen-bond donors (Lipinski definition) is 1.